The molecule has 0 spiro atoms. The summed E-state index contributed by atoms with van der Waals surface area (Å²) in [6.07, 6.45) is 4.91. The fourth-order valence-electron chi connectivity index (χ4n) is 3.16. The highest BCUT2D eigenvalue weighted by Gasteiger charge is 2.34. The Kier molecular flexibility index (Phi) is 7.34. The number of methoxy groups -OCH3 is 1. The first-order valence-corrected chi connectivity index (χ1v) is 11.3. The van der Waals surface area contributed by atoms with Gasteiger partial charge in [-0.05, 0) is 78.4 Å². The van der Waals surface area contributed by atoms with Crippen molar-refractivity contribution in [2.24, 2.45) is 10.2 Å². The van der Waals surface area contributed by atoms with Crippen LogP contribution in [0.25, 0.3) is 6.08 Å². The number of hydrogen-bond donors (Lipinski definition) is 1. The molecule has 2 aromatic carbocycles. The maximum absolute atomic E-state index is 13.2. The van der Waals surface area contributed by atoms with E-state index in [0.717, 1.165) is 11.3 Å². The van der Waals surface area contributed by atoms with Crippen LogP contribution in [-0.4, -0.2) is 41.0 Å². The summed E-state index contributed by atoms with van der Waals surface area (Å²) >= 11 is 1.24. The van der Waals surface area contributed by atoms with Gasteiger partial charge in [0.15, 0.2) is 16.7 Å². The molecule has 0 bridgehead atoms. The Hall–Kier alpha value is -3.98. The molecular weight excluding hydrogens is 454 g/mol. The number of thioether (sulfide) groups is 1. The van der Waals surface area contributed by atoms with Crippen molar-refractivity contribution in [2.45, 2.75) is 13.5 Å². The van der Waals surface area contributed by atoms with Gasteiger partial charge >= 0.3 is 0 Å². The number of aromatic hydroxyl groups is 1. The van der Waals surface area contributed by atoms with Crippen LogP contribution in [0.4, 0.5) is 0 Å². The maximum Gasteiger partial charge on any atom is 0.267 e. The predicted molar refractivity (Wildman–Crippen MR) is 132 cm³/mol. The van der Waals surface area contributed by atoms with Crippen LogP contribution in [0, 0.1) is 0 Å². The highest BCUT2D eigenvalue weighted by molar-refractivity contribution is 8.18. The van der Waals surface area contributed by atoms with Gasteiger partial charge in [0.25, 0.3) is 5.91 Å². The molecule has 0 radical (unpaired) electrons. The molecular formula is C25H23N3O5S. The van der Waals surface area contributed by atoms with E-state index in [1.807, 2.05) is 37.3 Å². The summed E-state index contributed by atoms with van der Waals surface area (Å²) in [6.45, 7) is 2.51. The monoisotopic (exact) mass is 477 g/mol. The van der Waals surface area contributed by atoms with E-state index in [4.69, 9.17) is 13.9 Å². The summed E-state index contributed by atoms with van der Waals surface area (Å²) in [7, 11) is 1.61. The number of amidine groups is 1. The van der Waals surface area contributed by atoms with Gasteiger partial charge in [0.1, 0.15) is 11.5 Å². The molecule has 0 saturated carbocycles. The third kappa shape index (κ3) is 5.49. The van der Waals surface area contributed by atoms with E-state index in [1.54, 1.807) is 37.6 Å². The summed E-state index contributed by atoms with van der Waals surface area (Å²) < 4.78 is 16.0. The van der Waals surface area contributed by atoms with Crippen LogP contribution in [0.2, 0.25) is 0 Å². The quantitative estimate of drug-likeness (QED) is 0.282. The Labute approximate surface area is 201 Å². The number of benzene rings is 2. The number of carbonyl (C=O) groups excluding carboxylic acids is 1. The van der Waals surface area contributed by atoms with Crippen molar-refractivity contribution >= 4 is 35.1 Å². The molecule has 1 aliphatic rings. The lowest BCUT2D eigenvalue weighted by molar-refractivity contribution is -0.122. The molecule has 1 N–H and O–H groups in total. The van der Waals surface area contributed by atoms with Gasteiger partial charge in [-0.15, -0.1) is 5.10 Å². The van der Waals surface area contributed by atoms with Crippen LogP contribution in [-0.2, 0) is 11.3 Å². The molecule has 1 saturated heterocycles. The van der Waals surface area contributed by atoms with Crippen molar-refractivity contribution in [1.29, 1.82) is 0 Å². The highest BCUT2D eigenvalue weighted by atomic mass is 32.2. The molecule has 1 amide bonds. The van der Waals surface area contributed by atoms with Crippen LogP contribution in [0.5, 0.6) is 17.2 Å². The molecule has 0 aliphatic carbocycles. The Morgan fingerprint density at radius 1 is 1.15 bits per heavy atom. The molecule has 3 aromatic rings. The Bertz CT molecular complexity index is 1230. The lowest BCUT2D eigenvalue weighted by Crippen LogP contribution is -2.28. The molecule has 34 heavy (non-hydrogen) atoms. The molecule has 2 heterocycles. The fraction of sp³-hybridized carbons (Fsp3) is 0.160. The van der Waals surface area contributed by atoms with Crippen molar-refractivity contribution < 1.29 is 23.8 Å². The highest BCUT2D eigenvalue weighted by Crippen LogP contribution is 2.34. The van der Waals surface area contributed by atoms with Crippen molar-refractivity contribution in [3.05, 3.63) is 82.7 Å². The van der Waals surface area contributed by atoms with E-state index >= 15 is 0 Å². The number of furan rings is 1. The van der Waals surface area contributed by atoms with E-state index in [-0.39, 0.29) is 18.2 Å². The average Bonchev–Trinajstić information content (AvgIpc) is 3.46. The van der Waals surface area contributed by atoms with E-state index in [1.165, 1.54) is 28.9 Å². The fourth-order valence-corrected chi connectivity index (χ4v) is 4.09. The van der Waals surface area contributed by atoms with Crippen LogP contribution in [0.15, 0.2) is 80.4 Å². The van der Waals surface area contributed by atoms with Crippen LogP contribution in [0.3, 0.4) is 0 Å². The van der Waals surface area contributed by atoms with Gasteiger partial charge in [0.05, 0.1) is 37.6 Å². The number of rotatable bonds is 8. The van der Waals surface area contributed by atoms with Crippen LogP contribution < -0.4 is 9.47 Å². The van der Waals surface area contributed by atoms with Gasteiger partial charge in [-0.25, -0.2) is 0 Å². The molecule has 174 valence electrons. The zero-order valence-corrected chi connectivity index (χ0v) is 19.5. The summed E-state index contributed by atoms with van der Waals surface area (Å²) in [6, 6.07) is 15.9. The van der Waals surface area contributed by atoms with Crippen LogP contribution in [0.1, 0.15) is 23.8 Å². The number of phenolic OH excluding ortho intramolecular Hbond substituents is 1. The van der Waals surface area contributed by atoms with Crippen molar-refractivity contribution in [3.8, 4) is 17.2 Å². The van der Waals surface area contributed by atoms with Gasteiger partial charge in [-0.2, -0.15) is 5.10 Å². The maximum atomic E-state index is 13.2. The molecule has 0 unspecified atom stereocenters. The number of nitrogens with zero attached hydrogens (tertiary/aromatic N) is 3. The van der Waals surface area contributed by atoms with Gasteiger partial charge in [-0.1, -0.05) is 12.1 Å². The molecule has 1 aliphatic heterocycles. The Balaban J connectivity index is 1.59. The average molecular weight is 478 g/mol. The van der Waals surface area contributed by atoms with Gasteiger partial charge < -0.3 is 19.0 Å². The van der Waals surface area contributed by atoms with Gasteiger partial charge in [0.2, 0.25) is 0 Å². The Morgan fingerprint density at radius 3 is 2.65 bits per heavy atom. The number of carbonyl (C=O) groups is 1. The van der Waals surface area contributed by atoms with E-state index in [9.17, 15) is 9.90 Å². The van der Waals surface area contributed by atoms with Crippen molar-refractivity contribution in [3.63, 3.8) is 0 Å². The second-order valence-corrected chi connectivity index (χ2v) is 8.15. The van der Waals surface area contributed by atoms with Crippen LogP contribution >= 0.6 is 11.8 Å². The number of amides is 1. The first-order valence-electron chi connectivity index (χ1n) is 10.5. The molecule has 0 atom stereocenters. The topological polar surface area (TPSA) is 96.9 Å². The molecule has 9 heteroatoms. The third-order valence-corrected chi connectivity index (χ3v) is 5.83. The number of hydrogen-bond acceptors (Lipinski definition) is 8. The first-order chi connectivity index (χ1) is 16.6. The van der Waals surface area contributed by atoms with E-state index < -0.39 is 0 Å². The molecule has 4 rings (SSSR count). The first kappa shape index (κ1) is 23.2. The smallest absolute Gasteiger partial charge is 0.267 e. The summed E-state index contributed by atoms with van der Waals surface area (Å²) in [5, 5.41) is 18.8. The molecule has 8 nitrogen and oxygen atoms in total. The normalized spacial score (nSPS) is 16.2. The largest absolute Gasteiger partial charge is 0.504 e. The second kappa shape index (κ2) is 10.8. The van der Waals surface area contributed by atoms with E-state index in [2.05, 4.69) is 10.2 Å². The number of ether oxygens (including phenoxy) is 2. The SMILES string of the molecule is CCOc1cc(/C=N/N=C2\S/C(=C\c3ccc(OC)cc3)C(=O)N2Cc2ccco2)ccc1O. The molecule has 1 fully saturated rings. The van der Waals surface area contributed by atoms with Gasteiger partial charge in [0, 0.05) is 0 Å². The minimum absolute atomic E-state index is 0.0557. The minimum Gasteiger partial charge on any atom is -0.504 e. The standard InChI is InChI=1S/C25H23N3O5S/c1-3-32-22-13-18(8-11-21(22)29)15-26-27-25-28(16-20-5-4-12-33-20)24(30)23(34-25)14-17-6-9-19(31-2)10-7-17/h4-15,29H,3,16H2,1-2H3/b23-14-,26-15+,27-25-. The predicted octanol–water partition coefficient (Wildman–Crippen LogP) is 4.90. The Morgan fingerprint density at radius 2 is 1.94 bits per heavy atom. The summed E-state index contributed by atoms with van der Waals surface area (Å²) in [4.78, 5) is 15.2. The minimum atomic E-state index is -0.186. The zero-order valence-electron chi connectivity index (χ0n) is 18.7. The molecule has 1 aromatic heterocycles. The number of phenols is 1. The van der Waals surface area contributed by atoms with Crippen molar-refractivity contribution in [2.75, 3.05) is 13.7 Å². The lowest BCUT2D eigenvalue weighted by atomic mass is 10.2. The lowest BCUT2D eigenvalue weighted by Gasteiger charge is -2.12. The van der Waals surface area contributed by atoms with E-state index in [0.29, 0.717) is 33.8 Å². The third-order valence-electron chi connectivity index (χ3n) is 4.83. The van der Waals surface area contributed by atoms with Crippen molar-refractivity contribution in [1.82, 2.24) is 4.90 Å². The van der Waals surface area contributed by atoms with Gasteiger partial charge in [-0.3, -0.25) is 9.69 Å². The zero-order chi connectivity index (χ0) is 23.9. The summed E-state index contributed by atoms with van der Waals surface area (Å²) in [5.41, 5.74) is 1.57. The summed E-state index contributed by atoms with van der Waals surface area (Å²) in [5.74, 6) is 1.62. The second-order valence-electron chi connectivity index (χ2n) is 7.14.